The van der Waals surface area contributed by atoms with E-state index < -0.39 is 0 Å². The number of nitrogens with one attached hydrogen (secondary N) is 1. The molecule has 7 heteroatoms. The molecule has 2 aromatic heterocycles. The summed E-state index contributed by atoms with van der Waals surface area (Å²) in [6.07, 6.45) is 5.81. The number of nitrogens with zero attached hydrogens (tertiary/aromatic N) is 4. The van der Waals surface area contributed by atoms with Crippen LogP contribution in [0.4, 0.5) is 0 Å². The molecular weight excluding hydrogens is 270 g/mol. The van der Waals surface area contributed by atoms with Crippen molar-refractivity contribution in [2.24, 2.45) is 0 Å². The van der Waals surface area contributed by atoms with Gasteiger partial charge in [0.05, 0.1) is 6.54 Å². The van der Waals surface area contributed by atoms with E-state index in [4.69, 9.17) is 4.74 Å². The first-order chi connectivity index (χ1) is 10.2. The van der Waals surface area contributed by atoms with Crippen LogP contribution in [-0.4, -0.2) is 39.4 Å². The van der Waals surface area contributed by atoms with Gasteiger partial charge in [0.2, 0.25) is 0 Å². The summed E-state index contributed by atoms with van der Waals surface area (Å²) in [6, 6.07) is 1.70. The van der Waals surface area contributed by atoms with Gasteiger partial charge in [0, 0.05) is 38.2 Å². The summed E-state index contributed by atoms with van der Waals surface area (Å²) in [5.74, 6) is 0.590. The minimum Gasteiger partial charge on any atom is -0.385 e. The van der Waals surface area contributed by atoms with Gasteiger partial charge in [0.1, 0.15) is 6.33 Å². The van der Waals surface area contributed by atoms with E-state index in [9.17, 15) is 4.79 Å². The van der Waals surface area contributed by atoms with E-state index in [2.05, 4.69) is 20.5 Å². The Morgan fingerprint density at radius 2 is 2.33 bits per heavy atom. The highest BCUT2D eigenvalue weighted by Crippen LogP contribution is 2.05. The molecule has 112 valence electrons. The minimum atomic E-state index is -0.138. The number of methoxy groups -OCH3 is 1. The number of pyridine rings is 1. The van der Waals surface area contributed by atoms with Crippen LogP contribution in [0.3, 0.4) is 0 Å². The van der Waals surface area contributed by atoms with Gasteiger partial charge in [0.25, 0.3) is 5.91 Å². The zero-order valence-corrected chi connectivity index (χ0v) is 12.2. The first-order valence-corrected chi connectivity index (χ1v) is 6.77. The van der Waals surface area contributed by atoms with Gasteiger partial charge in [-0.1, -0.05) is 0 Å². The molecule has 1 N–H and O–H groups in total. The Hall–Kier alpha value is -2.28. The zero-order valence-electron chi connectivity index (χ0n) is 12.2. The fourth-order valence-corrected chi connectivity index (χ4v) is 1.96. The van der Waals surface area contributed by atoms with Crippen LogP contribution >= 0.6 is 0 Å². The summed E-state index contributed by atoms with van der Waals surface area (Å²) in [7, 11) is 1.67. The van der Waals surface area contributed by atoms with Crippen molar-refractivity contribution < 1.29 is 9.53 Å². The number of amides is 1. The zero-order chi connectivity index (χ0) is 15.1. The summed E-state index contributed by atoms with van der Waals surface area (Å²) in [5, 5.41) is 10.8. The van der Waals surface area contributed by atoms with E-state index in [0.29, 0.717) is 18.7 Å². The molecule has 0 fully saturated rings. The maximum Gasteiger partial charge on any atom is 0.252 e. The number of aromatic nitrogens is 4. The standard InChI is InChI=1S/C14H19N5O2/c1-11-8-15-5-4-12(11)14(20)16-9-13-18-17-10-19(13)6-3-7-21-2/h4-5,8,10H,3,6-7,9H2,1-2H3,(H,16,20). The summed E-state index contributed by atoms with van der Waals surface area (Å²) >= 11 is 0. The Labute approximate surface area is 123 Å². The van der Waals surface area contributed by atoms with E-state index >= 15 is 0 Å². The van der Waals surface area contributed by atoms with Crippen molar-refractivity contribution in [1.82, 2.24) is 25.1 Å². The number of aryl methyl sites for hydroxylation is 2. The Balaban J connectivity index is 1.93. The molecule has 21 heavy (non-hydrogen) atoms. The molecule has 0 bridgehead atoms. The average molecular weight is 289 g/mol. The van der Waals surface area contributed by atoms with Crippen molar-refractivity contribution in [3.8, 4) is 0 Å². The number of carbonyl (C=O) groups is 1. The van der Waals surface area contributed by atoms with E-state index in [1.165, 1.54) is 0 Å². The van der Waals surface area contributed by atoms with Crippen molar-refractivity contribution in [1.29, 1.82) is 0 Å². The number of hydrogen-bond acceptors (Lipinski definition) is 5. The Morgan fingerprint density at radius 3 is 3.10 bits per heavy atom. The smallest absolute Gasteiger partial charge is 0.252 e. The summed E-state index contributed by atoms with van der Waals surface area (Å²) in [4.78, 5) is 16.1. The van der Waals surface area contributed by atoms with Crippen molar-refractivity contribution >= 4 is 5.91 Å². The third kappa shape index (κ3) is 4.09. The molecule has 7 nitrogen and oxygen atoms in total. The Bertz CT molecular complexity index is 597. The second-order valence-electron chi connectivity index (χ2n) is 4.66. The highest BCUT2D eigenvalue weighted by Gasteiger charge is 2.10. The molecule has 0 saturated heterocycles. The first-order valence-electron chi connectivity index (χ1n) is 6.77. The molecule has 2 rings (SSSR count). The van der Waals surface area contributed by atoms with Crippen LogP contribution in [0.5, 0.6) is 0 Å². The lowest BCUT2D eigenvalue weighted by Gasteiger charge is -2.08. The summed E-state index contributed by atoms with van der Waals surface area (Å²) in [6.45, 7) is 3.64. The molecular formula is C14H19N5O2. The molecule has 0 unspecified atom stereocenters. The van der Waals surface area contributed by atoms with Crippen LogP contribution in [0, 0.1) is 6.92 Å². The number of carbonyl (C=O) groups excluding carboxylic acids is 1. The quantitative estimate of drug-likeness (QED) is 0.767. The average Bonchev–Trinajstić information content (AvgIpc) is 2.93. The largest absolute Gasteiger partial charge is 0.385 e. The van der Waals surface area contributed by atoms with Crippen LogP contribution in [0.2, 0.25) is 0 Å². The van der Waals surface area contributed by atoms with Crippen LogP contribution in [0.25, 0.3) is 0 Å². The summed E-state index contributed by atoms with van der Waals surface area (Å²) < 4.78 is 6.93. The predicted octanol–water partition coefficient (Wildman–Crippen LogP) is 0.948. The number of ether oxygens (including phenoxy) is 1. The Kier molecular flexibility index (Phi) is 5.39. The second-order valence-corrected chi connectivity index (χ2v) is 4.66. The normalized spacial score (nSPS) is 10.6. The fraction of sp³-hybridized carbons (Fsp3) is 0.429. The molecule has 1 amide bonds. The molecule has 0 aromatic carbocycles. The fourth-order valence-electron chi connectivity index (χ4n) is 1.96. The lowest BCUT2D eigenvalue weighted by Crippen LogP contribution is -2.25. The SMILES string of the molecule is COCCCn1cnnc1CNC(=O)c1ccncc1C. The molecule has 0 aliphatic heterocycles. The van der Waals surface area contributed by atoms with Gasteiger partial charge in [-0.05, 0) is 25.0 Å². The van der Waals surface area contributed by atoms with Gasteiger partial charge >= 0.3 is 0 Å². The third-order valence-electron chi connectivity index (χ3n) is 3.12. The van der Waals surface area contributed by atoms with Gasteiger partial charge in [-0.25, -0.2) is 0 Å². The van der Waals surface area contributed by atoms with Gasteiger partial charge in [-0.15, -0.1) is 10.2 Å². The number of hydrogen-bond donors (Lipinski definition) is 1. The molecule has 0 saturated carbocycles. The van der Waals surface area contributed by atoms with Crippen molar-refractivity contribution in [2.75, 3.05) is 13.7 Å². The molecule has 0 radical (unpaired) electrons. The molecule has 0 spiro atoms. The predicted molar refractivity (Wildman–Crippen MR) is 76.7 cm³/mol. The molecule has 0 aliphatic rings. The maximum atomic E-state index is 12.1. The number of rotatable bonds is 7. The van der Waals surface area contributed by atoms with Crippen LogP contribution in [-0.2, 0) is 17.8 Å². The Morgan fingerprint density at radius 1 is 1.48 bits per heavy atom. The maximum absolute atomic E-state index is 12.1. The van der Waals surface area contributed by atoms with Crippen molar-refractivity contribution in [3.63, 3.8) is 0 Å². The van der Waals surface area contributed by atoms with Crippen LogP contribution < -0.4 is 5.32 Å². The topological polar surface area (TPSA) is 81.9 Å². The molecule has 2 aromatic rings. The lowest BCUT2D eigenvalue weighted by molar-refractivity contribution is 0.0948. The van der Waals surface area contributed by atoms with Gasteiger partial charge in [-0.3, -0.25) is 9.78 Å². The van der Waals surface area contributed by atoms with E-state index in [0.717, 1.165) is 24.4 Å². The first kappa shape index (κ1) is 15.1. The van der Waals surface area contributed by atoms with E-state index in [-0.39, 0.29) is 5.91 Å². The second kappa shape index (κ2) is 7.49. The molecule has 0 atom stereocenters. The monoisotopic (exact) mass is 289 g/mol. The summed E-state index contributed by atoms with van der Waals surface area (Å²) in [5.41, 5.74) is 1.46. The van der Waals surface area contributed by atoms with Crippen LogP contribution in [0.1, 0.15) is 28.2 Å². The van der Waals surface area contributed by atoms with E-state index in [1.807, 2.05) is 11.5 Å². The van der Waals surface area contributed by atoms with Crippen LogP contribution in [0.15, 0.2) is 24.8 Å². The third-order valence-corrected chi connectivity index (χ3v) is 3.12. The van der Waals surface area contributed by atoms with Gasteiger partial charge < -0.3 is 14.6 Å². The van der Waals surface area contributed by atoms with Gasteiger partial charge in [-0.2, -0.15) is 0 Å². The highest BCUT2D eigenvalue weighted by molar-refractivity contribution is 5.95. The molecule has 0 aliphatic carbocycles. The van der Waals surface area contributed by atoms with Crippen molar-refractivity contribution in [2.45, 2.75) is 26.4 Å². The molecule has 2 heterocycles. The minimum absolute atomic E-state index is 0.138. The highest BCUT2D eigenvalue weighted by atomic mass is 16.5. The van der Waals surface area contributed by atoms with Gasteiger partial charge in [0.15, 0.2) is 5.82 Å². The van der Waals surface area contributed by atoms with Crippen molar-refractivity contribution in [3.05, 3.63) is 41.7 Å². The van der Waals surface area contributed by atoms with E-state index in [1.54, 1.807) is 31.9 Å². The lowest BCUT2D eigenvalue weighted by atomic mass is 10.1.